The average Bonchev–Trinajstić information content (AvgIpc) is 3.51. The minimum absolute atomic E-state index is 0.0611. The van der Waals surface area contributed by atoms with Gasteiger partial charge < -0.3 is 49.8 Å². The molecule has 2 aromatic rings. The van der Waals surface area contributed by atoms with Crippen molar-refractivity contribution in [1.29, 1.82) is 0 Å². The minimum atomic E-state index is -2.05. The summed E-state index contributed by atoms with van der Waals surface area (Å²) in [7, 11) is 1.44. The zero-order valence-corrected chi connectivity index (χ0v) is 38.7. The highest BCUT2D eigenvalue weighted by Gasteiger charge is 2.50. The average molecular weight is 880 g/mol. The predicted octanol–water partition coefficient (Wildman–Crippen LogP) is 7.77. The number of aliphatic hydroxyl groups is 2. The number of rotatable bonds is 12. The molecule has 3 aliphatic rings. The molecule has 3 heterocycles. The van der Waals surface area contributed by atoms with Gasteiger partial charge in [0.25, 0.3) is 11.7 Å². The van der Waals surface area contributed by atoms with E-state index in [-0.39, 0.29) is 44.5 Å². The van der Waals surface area contributed by atoms with E-state index in [2.05, 4.69) is 19.2 Å². The number of unbranched alkanes of at least 4 members (excludes halogenated alkanes) is 4. The van der Waals surface area contributed by atoms with E-state index in [9.17, 15) is 39.9 Å². The van der Waals surface area contributed by atoms with Crippen LogP contribution in [0.4, 0.5) is 5.69 Å². The molecule has 1 amide bonds. The molecule has 0 spiro atoms. The maximum absolute atomic E-state index is 14.6. The largest absolute Gasteiger partial charge is 0.507 e. The summed E-state index contributed by atoms with van der Waals surface area (Å²) in [5, 5.41) is 67.7. The molecule has 0 radical (unpaired) electrons. The van der Waals surface area contributed by atoms with Crippen molar-refractivity contribution in [3.8, 4) is 23.0 Å². The van der Waals surface area contributed by atoms with Crippen molar-refractivity contribution in [2.75, 3.05) is 25.5 Å². The van der Waals surface area contributed by atoms with Gasteiger partial charge >= 0.3 is 11.8 Å². The lowest BCUT2D eigenvalue weighted by Gasteiger charge is -2.38. The third-order valence-corrected chi connectivity index (χ3v) is 12.4. The molecule has 0 aliphatic carbocycles. The van der Waals surface area contributed by atoms with Gasteiger partial charge in [-0.15, -0.1) is 0 Å². The Morgan fingerprint density at radius 2 is 1.54 bits per heavy atom. The number of nitrogens with one attached hydrogen (secondary N) is 1. The maximum atomic E-state index is 14.6. The van der Waals surface area contributed by atoms with Crippen molar-refractivity contribution >= 4 is 40.3 Å². The van der Waals surface area contributed by atoms with Crippen LogP contribution in [0.1, 0.15) is 122 Å². The number of amides is 1. The Balaban J connectivity index is 1.99. The van der Waals surface area contributed by atoms with Crippen molar-refractivity contribution in [3.63, 3.8) is 0 Å². The number of benzene rings is 2. The van der Waals surface area contributed by atoms with E-state index in [0.717, 1.165) is 38.5 Å². The molecule has 15 nitrogen and oxygen atoms in total. The number of ketones is 1. The Morgan fingerprint density at radius 1 is 0.905 bits per heavy atom. The number of hydrogen-bond donors (Lipinski definition) is 6. The van der Waals surface area contributed by atoms with Gasteiger partial charge in [-0.05, 0) is 32.8 Å². The molecule has 2 aromatic carbocycles. The number of hydrazone groups is 1. The van der Waals surface area contributed by atoms with E-state index in [1.54, 1.807) is 39.8 Å². The number of Topliss-reactive ketones (excluding diaryl/α,β-unsaturated/α-hetero) is 1. The summed E-state index contributed by atoms with van der Waals surface area (Å²) in [6, 6.07) is 0. The number of anilines is 1. The van der Waals surface area contributed by atoms with E-state index < -0.39 is 88.8 Å². The molecule has 5 bridgehead atoms. The summed E-state index contributed by atoms with van der Waals surface area (Å²) in [6.45, 7) is 18.0. The van der Waals surface area contributed by atoms with Crippen LogP contribution in [0.2, 0.25) is 0 Å². The molecule has 9 atom stereocenters. The van der Waals surface area contributed by atoms with Gasteiger partial charge in [0.2, 0.25) is 0 Å². The summed E-state index contributed by atoms with van der Waals surface area (Å²) in [5.41, 5.74) is -0.303. The monoisotopic (exact) mass is 879 g/mol. The number of aliphatic hydroxyl groups excluding tert-OH is 2. The summed E-state index contributed by atoms with van der Waals surface area (Å²) >= 11 is 0. The smallest absolute Gasteiger partial charge is 0.312 e. The Hall–Kier alpha value is -5.12. The molecule has 6 N–H and O–H groups in total. The summed E-state index contributed by atoms with van der Waals surface area (Å²) in [5.74, 6) is -8.30. The molecule has 5 rings (SSSR count). The van der Waals surface area contributed by atoms with E-state index >= 15 is 0 Å². The third kappa shape index (κ3) is 11.2. The highest BCUT2D eigenvalue weighted by atomic mass is 16.7. The number of esters is 1. The fraction of sp³-hybridized carbons (Fsp3) is 0.583. The standard InChI is InChI=1S/C48H69N3O12/c1-12-14-16-22-51(23-17-15-13-2)49-25-33-38-43(57)36-35(42(33)56)37-45(31(8)41(36)55)63-48(10,46(37)58)61-24-21-34(60-11)28(5)44(62-32(9)52)30(7)40(54)29(6)39(53)26(3)19-18-20-27(4)47(59)50-38/h18-21,24-26,28-30,34,39-40,44,53-57H,12-17,22-23H2,1-11H3,(H,50,59)/b19-18+,24-21+,27-20-,49-25+. The van der Waals surface area contributed by atoms with Crippen LogP contribution in [0.25, 0.3) is 10.8 Å². The number of fused-ring (bicyclic) bond motifs is 14. The van der Waals surface area contributed by atoms with Crippen molar-refractivity contribution in [2.45, 2.75) is 138 Å². The number of aromatic hydroxyl groups is 3. The minimum Gasteiger partial charge on any atom is -0.507 e. The van der Waals surface area contributed by atoms with Crippen LogP contribution >= 0.6 is 0 Å². The van der Waals surface area contributed by atoms with Gasteiger partial charge in [0.05, 0.1) is 53.0 Å². The maximum Gasteiger partial charge on any atom is 0.312 e. The zero-order valence-electron chi connectivity index (χ0n) is 38.7. The second-order valence-corrected chi connectivity index (χ2v) is 17.2. The lowest BCUT2D eigenvalue weighted by atomic mass is 9.78. The second kappa shape index (κ2) is 22.0. The first-order valence-corrected chi connectivity index (χ1v) is 22.1. The van der Waals surface area contributed by atoms with Crippen molar-refractivity contribution in [3.05, 3.63) is 52.8 Å². The second-order valence-electron chi connectivity index (χ2n) is 17.2. The third-order valence-electron chi connectivity index (χ3n) is 12.4. The number of phenols is 3. The Labute approximate surface area is 371 Å². The van der Waals surface area contributed by atoms with Gasteiger partial charge in [0.15, 0.2) is 5.75 Å². The van der Waals surface area contributed by atoms with Gasteiger partial charge in [-0.3, -0.25) is 19.4 Å². The fourth-order valence-corrected chi connectivity index (χ4v) is 8.33. The predicted molar refractivity (Wildman–Crippen MR) is 242 cm³/mol. The fourth-order valence-electron chi connectivity index (χ4n) is 8.33. The highest BCUT2D eigenvalue weighted by Crippen LogP contribution is 2.55. The Kier molecular flexibility index (Phi) is 17.6. The number of methoxy groups -OCH3 is 1. The molecule has 63 heavy (non-hydrogen) atoms. The van der Waals surface area contributed by atoms with Crippen LogP contribution in [0, 0.1) is 30.6 Å². The van der Waals surface area contributed by atoms with E-state index in [4.69, 9.17) is 24.0 Å². The van der Waals surface area contributed by atoms with Crippen molar-refractivity contribution in [2.24, 2.45) is 28.8 Å². The molecular weight excluding hydrogens is 811 g/mol. The molecule has 0 saturated carbocycles. The van der Waals surface area contributed by atoms with Gasteiger partial charge in [-0.2, -0.15) is 5.10 Å². The molecule has 348 valence electrons. The SMILES string of the molecule is CCCCCN(CCCCC)/N=C/c1c2c(O)c3c(O)c(C)c4c(c3c1O)C(=O)C(C)(O/C=C/C(OC)C(C)C(OC(C)=O)C(C)C(O)C(C)C(O)C(C)/C=C/C=C(/C)C(=O)N2)O4. The normalized spacial score (nSPS) is 28.9. The summed E-state index contributed by atoms with van der Waals surface area (Å²) < 4.78 is 23.7. The number of ether oxygens (including phenoxy) is 4. The molecule has 0 fully saturated rings. The van der Waals surface area contributed by atoms with E-state index in [0.29, 0.717) is 13.1 Å². The quantitative estimate of drug-likeness (QED) is 0.0300. The number of carbonyl (C=O) groups is 3. The first-order chi connectivity index (χ1) is 29.8. The lowest BCUT2D eigenvalue weighted by Crippen LogP contribution is -2.46. The first-order valence-electron chi connectivity index (χ1n) is 22.1. The van der Waals surface area contributed by atoms with Crippen LogP contribution in [-0.2, 0) is 23.8 Å². The van der Waals surface area contributed by atoms with Crippen LogP contribution in [0.15, 0.2) is 41.2 Å². The van der Waals surface area contributed by atoms with Gasteiger partial charge in [0, 0.05) is 74.2 Å². The first kappa shape index (κ1) is 50.5. The van der Waals surface area contributed by atoms with Crippen molar-refractivity contribution < 1.29 is 58.9 Å². The number of hydrogen-bond acceptors (Lipinski definition) is 14. The summed E-state index contributed by atoms with van der Waals surface area (Å²) in [4.78, 5) is 40.8. The number of carbonyl (C=O) groups excluding carboxylic acids is 3. The highest BCUT2D eigenvalue weighted by molar-refractivity contribution is 6.23. The molecule has 3 aliphatic heterocycles. The molecule has 15 heteroatoms. The van der Waals surface area contributed by atoms with Gasteiger partial charge in [-0.25, -0.2) is 0 Å². The Bertz CT molecular complexity index is 2090. The Morgan fingerprint density at radius 3 is 2.13 bits per heavy atom. The van der Waals surface area contributed by atoms with Crippen LogP contribution < -0.4 is 10.1 Å². The van der Waals surface area contributed by atoms with E-state index in [1.165, 1.54) is 59.4 Å². The molecule has 0 saturated heterocycles. The van der Waals surface area contributed by atoms with Crippen LogP contribution in [0.5, 0.6) is 23.0 Å². The molecular formula is C48H69N3O12. The summed E-state index contributed by atoms with van der Waals surface area (Å²) in [6.07, 6.45) is 10.6. The van der Waals surface area contributed by atoms with Gasteiger partial charge in [0.1, 0.15) is 23.4 Å². The molecule has 0 aromatic heterocycles. The zero-order chi connectivity index (χ0) is 46.9. The topological polar surface area (TPSA) is 217 Å². The van der Waals surface area contributed by atoms with Crippen LogP contribution in [-0.4, -0.2) is 105 Å². The number of allylic oxidation sites excluding steroid dienone is 2. The molecule has 9 unspecified atom stereocenters. The van der Waals surface area contributed by atoms with Gasteiger partial charge in [-0.1, -0.05) is 85.5 Å². The lowest BCUT2D eigenvalue weighted by molar-refractivity contribution is -0.160. The van der Waals surface area contributed by atoms with Crippen LogP contribution in [0.3, 0.4) is 0 Å². The number of nitrogens with zero attached hydrogens (tertiary/aromatic N) is 2. The number of phenolic OH excluding ortho intramolecular Hbond substituents is 3. The van der Waals surface area contributed by atoms with Crippen molar-refractivity contribution in [1.82, 2.24) is 5.01 Å². The van der Waals surface area contributed by atoms with E-state index in [1.807, 2.05) is 5.01 Å².